The fourth-order valence-corrected chi connectivity index (χ4v) is 3.70. The molecular weight excluding hydrogens is 486 g/mol. The van der Waals surface area contributed by atoms with E-state index in [9.17, 15) is 8.42 Å². The monoisotopic (exact) mass is 531 g/mol. The third kappa shape index (κ3) is 21.6. The highest BCUT2D eigenvalue weighted by molar-refractivity contribution is 7.86. The lowest BCUT2D eigenvalue weighted by atomic mass is 10.2. The standard InChI is InChI=1S/C16H26O5S.C9H19N3O2/c1-3-19-13-14-20-11-5-4-6-12-21-22(17,18)16-9-7-15(2)8-10-16;1-2-13-8-9-14-7-5-3-4-6-11-12-10/h7-10H,3-6,11-14H2,1-2H3;2-9H2,1H3. The molecule has 0 spiro atoms. The van der Waals surface area contributed by atoms with Gasteiger partial charge in [-0.25, -0.2) is 0 Å². The van der Waals surface area contributed by atoms with Crippen molar-refractivity contribution in [3.8, 4) is 0 Å². The molecule has 0 unspecified atom stereocenters. The van der Waals surface area contributed by atoms with Gasteiger partial charge in [0.15, 0.2) is 0 Å². The SMILES string of the molecule is CCOCCOCCCCCN=[N+]=[N-].CCOCCOCCCCCOS(=O)(=O)c1ccc(C)cc1. The van der Waals surface area contributed by atoms with Crippen LogP contribution in [-0.2, 0) is 33.2 Å². The third-order valence-electron chi connectivity index (χ3n) is 4.74. The molecular formula is C25H45N3O7S. The molecule has 0 heterocycles. The summed E-state index contributed by atoms with van der Waals surface area (Å²) in [6.07, 6.45) is 5.47. The Hall–Kier alpha value is -1.72. The zero-order chi connectivity index (χ0) is 26.7. The van der Waals surface area contributed by atoms with E-state index in [1.165, 1.54) is 0 Å². The first-order chi connectivity index (χ1) is 17.5. The summed E-state index contributed by atoms with van der Waals surface area (Å²) in [6.45, 7) is 12.1. The highest BCUT2D eigenvalue weighted by atomic mass is 32.2. The summed E-state index contributed by atoms with van der Waals surface area (Å²) in [5.74, 6) is 0. The molecule has 11 heteroatoms. The van der Waals surface area contributed by atoms with Crippen molar-refractivity contribution in [3.05, 3.63) is 40.3 Å². The maximum absolute atomic E-state index is 11.9. The molecule has 0 bridgehead atoms. The highest BCUT2D eigenvalue weighted by Crippen LogP contribution is 2.13. The van der Waals surface area contributed by atoms with Gasteiger partial charge in [-0.05, 0) is 70.5 Å². The van der Waals surface area contributed by atoms with Crippen LogP contribution in [0.3, 0.4) is 0 Å². The molecule has 0 radical (unpaired) electrons. The second-order valence-corrected chi connectivity index (χ2v) is 9.40. The van der Waals surface area contributed by atoms with E-state index in [2.05, 4.69) is 10.0 Å². The van der Waals surface area contributed by atoms with E-state index in [0.29, 0.717) is 52.6 Å². The van der Waals surface area contributed by atoms with Gasteiger partial charge in [0.05, 0.1) is 37.9 Å². The Kier molecular flexibility index (Phi) is 23.8. The van der Waals surface area contributed by atoms with Crippen molar-refractivity contribution in [2.45, 2.75) is 64.2 Å². The molecule has 1 aromatic rings. The minimum Gasteiger partial charge on any atom is -0.379 e. The maximum atomic E-state index is 11.9. The van der Waals surface area contributed by atoms with E-state index >= 15 is 0 Å². The number of azide groups is 1. The van der Waals surface area contributed by atoms with Crippen LogP contribution >= 0.6 is 0 Å². The molecule has 0 saturated heterocycles. The molecule has 10 nitrogen and oxygen atoms in total. The molecule has 0 fully saturated rings. The van der Waals surface area contributed by atoms with Crippen LogP contribution in [0.2, 0.25) is 0 Å². The first-order valence-electron chi connectivity index (χ1n) is 12.8. The van der Waals surface area contributed by atoms with Crippen LogP contribution in [0.25, 0.3) is 10.4 Å². The lowest BCUT2D eigenvalue weighted by molar-refractivity contribution is 0.0510. The van der Waals surface area contributed by atoms with E-state index in [1.54, 1.807) is 24.3 Å². The number of nitrogens with zero attached hydrogens (tertiary/aromatic N) is 3. The normalized spacial score (nSPS) is 11.0. The van der Waals surface area contributed by atoms with Crippen molar-refractivity contribution in [2.75, 3.05) is 66.0 Å². The highest BCUT2D eigenvalue weighted by Gasteiger charge is 2.14. The topological polar surface area (TPSA) is 129 Å². The first kappa shape index (κ1) is 34.3. The molecule has 0 amide bonds. The van der Waals surface area contributed by atoms with Gasteiger partial charge < -0.3 is 18.9 Å². The van der Waals surface area contributed by atoms with Gasteiger partial charge in [-0.2, -0.15) is 8.42 Å². The summed E-state index contributed by atoms with van der Waals surface area (Å²) in [7, 11) is -3.63. The Labute approximate surface area is 217 Å². The minimum atomic E-state index is -3.63. The lowest BCUT2D eigenvalue weighted by Crippen LogP contribution is -2.08. The molecule has 1 aromatic carbocycles. The molecule has 36 heavy (non-hydrogen) atoms. The third-order valence-corrected chi connectivity index (χ3v) is 6.07. The van der Waals surface area contributed by atoms with Crippen molar-refractivity contribution in [1.29, 1.82) is 0 Å². The molecule has 0 aliphatic carbocycles. The molecule has 0 aliphatic rings. The number of benzene rings is 1. The van der Waals surface area contributed by atoms with Gasteiger partial charge in [0.25, 0.3) is 10.1 Å². The Morgan fingerprint density at radius 1 is 0.722 bits per heavy atom. The lowest BCUT2D eigenvalue weighted by Gasteiger charge is -2.06. The van der Waals surface area contributed by atoms with Crippen molar-refractivity contribution >= 4 is 10.1 Å². The van der Waals surface area contributed by atoms with E-state index in [1.807, 2.05) is 20.8 Å². The zero-order valence-electron chi connectivity index (χ0n) is 22.2. The van der Waals surface area contributed by atoms with Gasteiger partial charge in [0.1, 0.15) is 0 Å². The Bertz CT molecular complexity index is 770. The van der Waals surface area contributed by atoms with Crippen molar-refractivity contribution in [2.24, 2.45) is 5.11 Å². The second-order valence-electron chi connectivity index (χ2n) is 7.78. The Balaban J connectivity index is 0.000000757. The van der Waals surface area contributed by atoms with Crippen LogP contribution in [0, 0.1) is 6.92 Å². The Morgan fingerprint density at radius 2 is 1.22 bits per heavy atom. The number of hydrogen-bond acceptors (Lipinski definition) is 8. The van der Waals surface area contributed by atoms with Crippen LogP contribution in [0.1, 0.15) is 57.9 Å². The van der Waals surface area contributed by atoms with Crippen molar-refractivity contribution < 1.29 is 31.5 Å². The molecule has 0 N–H and O–H groups in total. The smallest absolute Gasteiger partial charge is 0.296 e. The summed E-state index contributed by atoms with van der Waals surface area (Å²) >= 11 is 0. The summed E-state index contributed by atoms with van der Waals surface area (Å²) in [5, 5.41) is 3.45. The number of aryl methyl sites for hydroxylation is 1. The number of unbranched alkanes of at least 4 members (excludes halogenated alkanes) is 4. The fourth-order valence-electron chi connectivity index (χ4n) is 2.76. The maximum Gasteiger partial charge on any atom is 0.296 e. The van der Waals surface area contributed by atoms with Crippen LogP contribution in [0.5, 0.6) is 0 Å². The second kappa shape index (κ2) is 25.0. The van der Waals surface area contributed by atoms with Crippen LogP contribution in [0.4, 0.5) is 0 Å². The van der Waals surface area contributed by atoms with Crippen LogP contribution in [-0.4, -0.2) is 74.4 Å². The van der Waals surface area contributed by atoms with Gasteiger partial charge in [-0.15, -0.1) is 0 Å². The summed E-state index contributed by atoms with van der Waals surface area (Å²) in [5.41, 5.74) is 9.03. The molecule has 0 aromatic heterocycles. The van der Waals surface area contributed by atoms with Crippen molar-refractivity contribution in [1.82, 2.24) is 0 Å². The minimum absolute atomic E-state index is 0.204. The van der Waals surface area contributed by atoms with E-state index in [0.717, 1.165) is 50.9 Å². The number of ether oxygens (including phenoxy) is 4. The summed E-state index contributed by atoms with van der Waals surface area (Å²) in [6, 6.07) is 6.65. The van der Waals surface area contributed by atoms with Gasteiger partial charge in [-0.1, -0.05) is 29.2 Å². The quantitative estimate of drug-likeness (QED) is 0.0640. The number of rotatable bonds is 22. The predicted octanol–water partition coefficient (Wildman–Crippen LogP) is 5.44. The molecule has 1 rings (SSSR count). The zero-order valence-corrected chi connectivity index (χ0v) is 23.0. The number of hydrogen-bond donors (Lipinski definition) is 0. The van der Waals surface area contributed by atoms with Crippen LogP contribution in [0.15, 0.2) is 34.3 Å². The van der Waals surface area contributed by atoms with Gasteiger partial charge >= 0.3 is 0 Å². The van der Waals surface area contributed by atoms with E-state index in [4.69, 9.17) is 28.7 Å². The van der Waals surface area contributed by atoms with Gasteiger partial charge in [0.2, 0.25) is 0 Å². The average molecular weight is 532 g/mol. The molecule has 0 saturated carbocycles. The van der Waals surface area contributed by atoms with E-state index < -0.39 is 10.1 Å². The van der Waals surface area contributed by atoms with Crippen LogP contribution < -0.4 is 0 Å². The largest absolute Gasteiger partial charge is 0.379 e. The van der Waals surface area contributed by atoms with E-state index in [-0.39, 0.29) is 11.5 Å². The molecule has 0 atom stereocenters. The summed E-state index contributed by atoms with van der Waals surface area (Å²) in [4.78, 5) is 2.89. The molecule has 0 aliphatic heterocycles. The average Bonchev–Trinajstić information content (AvgIpc) is 2.87. The Morgan fingerprint density at radius 3 is 1.75 bits per heavy atom. The molecule has 208 valence electrons. The van der Waals surface area contributed by atoms with Gasteiger partial charge in [0, 0.05) is 37.9 Å². The van der Waals surface area contributed by atoms with Crippen molar-refractivity contribution in [3.63, 3.8) is 0 Å². The summed E-state index contributed by atoms with van der Waals surface area (Å²) < 4.78 is 49.8. The predicted molar refractivity (Wildman–Crippen MR) is 141 cm³/mol. The fraction of sp³-hybridized carbons (Fsp3) is 0.760. The van der Waals surface area contributed by atoms with Gasteiger partial charge in [-0.3, -0.25) is 4.18 Å². The first-order valence-corrected chi connectivity index (χ1v) is 14.2.